The van der Waals surface area contributed by atoms with Gasteiger partial charge in [-0.25, -0.2) is 0 Å². The number of furan rings is 1. The first-order valence-electron chi connectivity index (χ1n) is 9.97. The SMILES string of the molecule is CCCN(CCC)c1ccnc(C(=O)N2CCN(C(=O)c3ccco3)CC2)c1. The summed E-state index contributed by atoms with van der Waals surface area (Å²) in [5, 5.41) is 0. The van der Waals surface area contributed by atoms with Crippen molar-refractivity contribution in [2.75, 3.05) is 44.2 Å². The number of carbonyl (C=O) groups is 2. The van der Waals surface area contributed by atoms with E-state index in [9.17, 15) is 9.59 Å². The van der Waals surface area contributed by atoms with Crippen LogP contribution >= 0.6 is 0 Å². The first-order chi connectivity index (χ1) is 13.6. The molecule has 0 saturated carbocycles. The van der Waals surface area contributed by atoms with Gasteiger partial charge in [0.1, 0.15) is 5.69 Å². The monoisotopic (exact) mass is 384 g/mol. The van der Waals surface area contributed by atoms with Crippen molar-refractivity contribution in [1.82, 2.24) is 14.8 Å². The first kappa shape index (κ1) is 19.9. The Morgan fingerprint density at radius 2 is 1.68 bits per heavy atom. The van der Waals surface area contributed by atoms with Crippen molar-refractivity contribution < 1.29 is 14.0 Å². The molecule has 1 aliphatic heterocycles. The summed E-state index contributed by atoms with van der Waals surface area (Å²) in [4.78, 5) is 35.4. The molecule has 0 bridgehead atoms. The first-order valence-corrected chi connectivity index (χ1v) is 9.97. The van der Waals surface area contributed by atoms with Crippen molar-refractivity contribution in [3.05, 3.63) is 48.2 Å². The van der Waals surface area contributed by atoms with Crippen LogP contribution in [0, 0.1) is 0 Å². The normalized spacial score (nSPS) is 14.2. The van der Waals surface area contributed by atoms with E-state index in [4.69, 9.17) is 4.42 Å². The van der Waals surface area contributed by atoms with Crippen molar-refractivity contribution >= 4 is 17.5 Å². The molecule has 2 amide bonds. The zero-order valence-corrected chi connectivity index (χ0v) is 16.6. The van der Waals surface area contributed by atoms with Crippen molar-refractivity contribution in [2.45, 2.75) is 26.7 Å². The molecular formula is C21H28N4O3. The highest BCUT2D eigenvalue weighted by molar-refractivity contribution is 5.94. The predicted octanol–water partition coefficient (Wildman–Crippen LogP) is 2.90. The Morgan fingerprint density at radius 3 is 2.25 bits per heavy atom. The summed E-state index contributed by atoms with van der Waals surface area (Å²) in [6.45, 7) is 8.18. The lowest BCUT2D eigenvalue weighted by atomic mass is 10.2. The highest BCUT2D eigenvalue weighted by Gasteiger charge is 2.27. The lowest BCUT2D eigenvalue weighted by molar-refractivity contribution is 0.0515. The molecule has 1 saturated heterocycles. The van der Waals surface area contributed by atoms with Gasteiger partial charge in [0.05, 0.1) is 6.26 Å². The molecule has 7 nitrogen and oxygen atoms in total. The summed E-state index contributed by atoms with van der Waals surface area (Å²) in [5.74, 6) is 0.118. The number of hydrogen-bond donors (Lipinski definition) is 0. The van der Waals surface area contributed by atoms with E-state index >= 15 is 0 Å². The van der Waals surface area contributed by atoms with E-state index < -0.39 is 0 Å². The minimum absolute atomic E-state index is 0.0834. The number of hydrogen-bond acceptors (Lipinski definition) is 5. The van der Waals surface area contributed by atoms with Gasteiger partial charge in [-0.15, -0.1) is 0 Å². The van der Waals surface area contributed by atoms with Crippen LogP contribution in [0.4, 0.5) is 5.69 Å². The van der Waals surface area contributed by atoms with Crippen LogP contribution in [0.15, 0.2) is 41.1 Å². The van der Waals surface area contributed by atoms with Gasteiger partial charge in [-0.05, 0) is 37.1 Å². The molecule has 0 atom stereocenters. The maximum Gasteiger partial charge on any atom is 0.289 e. The summed E-state index contributed by atoms with van der Waals surface area (Å²) in [5.41, 5.74) is 1.49. The number of amides is 2. The van der Waals surface area contributed by atoms with Crippen LogP contribution in [0.2, 0.25) is 0 Å². The van der Waals surface area contributed by atoms with E-state index in [0.717, 1.165) is 31.6 Å². The summed E-state index contributed by atoms with van der Waals surface area (Å²) < 4.78 is 5.18. The van der Waals surface area contributed by atoms with Gasteiger partial charge in [-0.1, -0.05) is 13.8 Å². The molecule has 0 spiro atoms. The quantitative estimate of drug-likeness (QED) is 0.734. The molecule has 7 heteroatoms. The molecule has 0 unspecified atom stereocenters. The molecule has 0 N–H and O–H groups in total. The van der Waals surface area contributed by atoms with Gasteiger partial charge in [0.2, 0.25) is 0 Å². The van der Waals surface area contributed by atoms with Crippen LogP contribution in [0.5, 0.6) is 0 Å². The van der Waals surface area contributed by atoms with Gasteiger partial charge in [0.15, 0.2) is 5.76 Å². The Bertz CT molecular complexity index is 777. The van der Waals surface area contributed by atoms with Crippen LogP contribution in [-0.4, -0.2) is 65.9 Å². The van der Waals surface area contributed by atoms with Crippen molar-refractivity contribution in [3.63, 3.8) is 0 Å². The van der Waals surface area contributed by atoms with Crippen LogP contribution in [-0.2, 0) is 0 Å². The standard InChI is InChI=1S/C21H28N4O3/c1-3-9-23(10-4-2)17-7-8-22-18(16-17)20(26)24-11-13-25(14-12-24)21(27)19-6-5-15-28-19/h5-8,15-16H,3-4,9-14H2,1-2H3. The van der Waals surface area contributed by atoms with E-state index in [0.29, 0.717) is 37.6 Å². The third-order valence-corrected chi connectivity index (χ3v) is 4.90. The summed E-state index contributed by atoms with van der Waals surface area (Å²) in [7, 11) is 0. The minimum Gasteiger partial charge on any atom is -0.459 e. The third kappa shape index (κ3) is 4.52. The number of anilines is 1. The molecule has 2 aromatic rings. The molecule has 3 heterocycles. The topological polar surface area (TPSA) is 69.9 Å². The van der Waals surface area contributed by atoms with Gasteiger partial charge in [0, 0.05) is 51.2 Å². The highest BCUT2D eigenvalue weighted by atomic mass is 16.3. The molecule has 0 aliphatic carbocycles. The van der Waals surface area contributed by atoms with Crippen molar-refractivity contribution in [1.29, 1.82) is 0 Å². The highest BCUT2D eigenvalue weighted by Crippen LogP contribution is 2.18. The van der Waals surface area contributed by atoms with Gasteiger partial charge in [0.25, 0.3) is 11.8 Å². The number of pyridine rings is 1. The Kier molecular flexibility index (Phi) is 6.68. The Hall–Kier alpha value is -2.83. The number of piperazine rings is 1. The smallest absolute Gasteiger partial charge is 0.289 e. The van der Waals surface area contributed by atoms with E-state index in [1.807, 2.05) is 12.1 Å². The number of nitrogens with zero attached hydrogens (tertiary/aromatic N) is 4. The molecule has 1 fully saturated rings. The second-order valence-corrected chi connectivity index (χ2v) is 6.95. The number of aromatic nitrogens is 1. The van der Waals surface area contributed by atoms with E-state index in [2.05, 4.69) is 23.7 Å². The van der Waals surface area contributed by atoms with Gasteiger partial charge in [-0.2, -0.15) is 0 Å². The molecule has 0 aromatic carbocycles. The second kappa shape index (κ2) is 9.39. The maximum atomic E-state index is 12.9. The van der Waals surface area contributed by atoms with E-state index in [1.54, 1.807) is 28.1 Å². The van der Waals surface area contributed by atoms with Crippen molar-refractivity contribution in [2.24, 2.45) is 0 Å². The number of carbonyl (C=O) groups excluding carboxylic acids is 2. The lowest BCUT2D eigenvalue weighted by Crippen LogP contribution is -2.50. The van der Waals surface area contributed by atoms with Gasteiger partial charge in [-0.3, -0.25) is 14.6 Å². The predicted molar refractivity (Wildman–Crippen MR) is 108 cm³/mol. The van der Waals surface area contributed by atoms with Crippen molar-refractivity contribution in [3.8, 4) is 0 Å². The van der Waals surface area contributed by atoms with Crippen LogP contribution in [0.3, 0.4) is 0 Å². The van der Waals surface area contributed by atoms with E-state index in [-0.39, 0.29) is 11.8 Å². The molecule has 0 radical (unpaired) electrons. The Balaban J connectivity index is 1.63. The summed E-state index contributed by atoms with van der Waals surface area (Å²) in [6, 6.07) is 7.20. The van der Waals surface area contributed by atoms with E-state index in [1.165, 1.54) is 6.26 Å². The molecule has 2 aromatic heterocycles. The fraction of sp³-hybridized carbons (Fsp3) is 0.476. The van der Waals surface area contributed by atoms with Gasteiger partial charge < -0.3 is 19.1 Å². The largest absolute Gasteiger partial charge is 0.459 e. The average molecular weight is 384 g/mol. The van der Waals surface area contributed by atoms with Gasteiger partial charge >= 0.3 is 0 Å². The fourth-order valence-electron chi connectivity index (χ4n) is 3.47. The molecule has 1 aliphatic rings. The summed E-state index contributed by atoms with van der Waals surface area (Å²) in [6.07, 6.45) is 5.30. The average Bonchev–Trinajstić information content (AvgIpc) is 3.28. The zero-order chi connectivity index (χ0) is 19.9. The van der Waals surface area contributed by atoms with Crippen LogP contribution < -0.4 is 4.90 Å². The lowest BCUT2D eigenvalue weighted by Gasteiger charge is -2.34. The Morgan fingerprint density at radius 1 is 1.04 bits per heavy atom. The molecular weight excluding hydrogens is 356 g/mol. The van der Waals surface area contributed by atoms with Crippen LogP contribution in [0.1, 0.15) is 47.7 Å². The Labute approximate surface area is 165 Å². The zero-order valence-electron chi connectivity index (χ0n) is 16.6. The minimum atomic E-state index is -0.132. The molecule has 150 valence electrons. The number of rotatable bonds is 7. The summed E-state index contributed by atoms with van der Waals surface area (Å²) >= 11 is 0. The maximum absolute atomic E-state index is 12.9. The van der Waals surface area contributed by atoms with Crippen LogP contribution in [0.25, 0.3) is 0 Å². The molecule has 28 heavy (non-hydrogen) atoms. The second-order valence-electron chi connectivity index (χ2n) is 6.95. The molecule has 3 rings (SSSR count). The fourth-order valence-corrected chi connectivity index (χ4v) is 3.47. The third-order valence-electron chi connectivity index (χ3n) is 4.90.